The highest BCUT2D eigenvalue weighted by molar-refractivity contribution is 8.13. The molecule has 0 spiro atoms. The van der Waals surface area contributed by atoms with E-state index in [1.807, 2.05) is 13.2 Å². The molecule has 0 saturated carbocycles. The molecule has 6 nitrogen and oxygen atoms in total. The topological polar surface area (TPSA) is 65.0 Å². The van der Waals surface area contributed by atoms with Crippen LogP contribution in [-0.2, 0) is 0 Å². The zero-order chi connectivity index (χ0) is 20.9. The van der Waals surface area contributed by atoms with E-state index in [2.05, 4.69) is 24.2 Å². The number of benzene rings is 1. The van der Waals surface area contributed by atoms with Crippen molar-refractivity contribution in [2.24, 2.45) is 4.99 Å². The van der Waals surface area contributed by atoms with Gasteiger partial charge in [0, 0.05) is 30.3 Å². The predicted molar refractivity (Wildman–Crippen MR) is 121 cm³/mol. The van der Waals surface area contributed by atoms with Crippen molar-refractivity contribution in [2.45, 2.75) is 46.5 Å². The molecule has 1 N–H and O–H groups in total. The van der Waals surface area contributed by atoms with Gasteiger partial charge in [0.25, 0.3) is 0 Å². The Balaban J connectivity index is 2.94. The first kappa shape index (κ1) is 24.3. The fourth-order valence-corrected chi connectivity index (χ4v) is 3.28. The van der Waals surface area contributed by atoms with Gasteiger partial charge in [-0.15, -0.1) is 0 Å². The quantitative estimate of drug-likeness (QED) is 0.413. The van der Waals surface area contributed by atoms with E-state index in [9.17, 15) is 9.59 Å². The minimum atomic E-state index is -0.348. The number of urea groups is 2. The Kier molecular flexibility index (Phi) is 11.7. The minimum absolute atomic E-state index is 0.291. The number of hydrogen-bond acceptors (Lipinski definition) is 3. The fourth-order valence-electron chi connectivity index (χ4n) is 2.49. The van der Waals surface area contributed by atoms with E-state index in [0.29, 0.717) is 35.5 Å². The van der Waals surface area contributed by atoms with Crippen LogP contribution in [0, 0.1) is 0 Å². The molecule has 0 aliphatic heterocycles. The van der Waals surface area contributed by atoms with E-state index in [1.54, 1.807) is 29.2 Å². The summed E-state index contributed by atoms with van der Waals surface area (Å²) in [6.07, 6.45) is 5.71. The van der Waals surface area contributed by atoms with Crippen LogP contribution in [0.25, 0.3) is 0 Å². The number of rotatable bonds is 8. The lowest BCUT2D eigenvalue weighted by molar-refractivity contribution is 0.206. The molecule has 1 aromatic carbocycles. The maximum Gasteiger partial charge on any atom is 0.345 e. The second kappa shape index (κ2) is 13.4. The average molecular weight is 427 g/mol. The van der Waals surface area contributed by atoms with Crippen LogP contribution in [0.5, 0.6) is 0 Å². The Morgan fingerprint density at radius 2 is 1.79 bits per heavy atom. The third-order valence-corrected chi connectivity index (χ3v) is 4.99. The molecule has 4 amide bonds. The fraction of sp³-hybridized carbons (Fsp3) is 0.550. The van der Waals surface area contributed by atoms with Gasteiger partial charge in [-0.2, -0.15) is 4.99 Å². The normalized spacial score (nSPS) is 11.2. The monoisotopic (exact) mass is 426 g/mol. The molecule has 0 heterocycles. The lowest BCUT2D eigenvalue weighted by Gasteiger charge is -2.24. The van der Waals surface area contributed by atoms with Crippen molar-refractivity contribution in [2.75, 3.05) is 31.2 Å². The summed E-state index contributed by atoms with van der Waals surface area (Å²) in [5.41, 5.74) is 0.593. The first-order valence-corrected chi connectivity index (χ1v) is 11.3. The summed E-state index contributed by atoms with van der Waals surface area (Å²) in [5.74, 6) is 0. The smallest absolute Gasteiger partial charge is 0.323 e. The van der Waals surface area contributed by atoms with Gasteiger partial charge < -0.3 is 10.2 Å². The molecule has 1 aromatic rings. The molecule has 0 unspecified atom stereocenters. The lowest BCUT2D eigenvalue weighted by Crippen LogP contribution is -2.40. The largest absolute Gasteiger partial charge is 0.345 e. The highest BCUT2D eigenvalue weighted by atomic mass is 35.5. The Bertz CT molecular complexity index is 661. The molecule has 156 valence electrons. The Morgan fingerprint density at radius 1 is 1.14 bits per heavy atom. The van der Waals surface area contributed by atoms with E-state index in [-0.39, 0.29) is 12.1 Å². The highest BCUT2D eigenvalue weighted by Crippen LogP contribution is 2.17. The number of carbonyl (C=O) groups excluding carboxylic acids is 2. The molecule has 0 aliphatic carbocycles. The molecule has 0 bridgehead atoms. The molecular formula is C20H31ClN4O2S. The predicted octanol–water partition coefficient (Wildman–Crippen LogP) is 5.94. The minimum Gasteiger partial charge on any atom is -0.323 e. The number of amidine groups is 1. The molecule has 0 aromatic heterocycles. The van der Waals surface area contributed by atoms with Crippen molar-refractivity contribution in [3.8, 4) is 0 Å². The number of aliphatic imine (C=N–C) groups is 1. The number of unbranched alkanes of at least 4 members (excludes halogenated alkanes) is 2. The second-order valence-electron chi connectivity index (χ2n) is 6.26. The molecule has 0 atom stereocenters. The first-order valence-electron chi connectivity index (χ1n) is 9.72. The SMILES string of the molecule is CCCCN(CCCC)C(=O)N=C(SC)N(CC)C(=O)Nc1cccc(Cl)c1. The van der Waals surface area contributed by atoms with Crippen molar-refractivity contribution in [3.63, 3.8) is 0 Å². The summed E-state index contributed by atoms with van der Waals surface area (Å²) in [6, 6.07) is 6.30. The van der Waals surface area contributed by atoms with Gasteiger partial charge in [0.15, 0.2) is 5.17 Å². The summed E-state index contributed by atoms with van der Waals surface area (Å²) < 4.78 is 0. The van der Waals surface area contributed by atoms with Crippen LogP contribution in [-0.4, -0.2) is 52.9 Å². The van der Waals surface area contributed by atoms with Gasteiger partial charge in [0.1, 0.15) is 0 Å². The molecule has 28 heavy (non-hydrogen) atoms. The van der Waals surface area contributed by atoms with Crippen LogP contribution in [0.3, 0.4) is 0 Å². The van der Waals surface area contributed by atoms with E-state index in [1.165, 1.54) is 16.7 Å². The third-order valence-electron chi connectivity index (χ3n) is 4.08. The molecule has 0 radical (unpaired) electrons. The number of halogens is 1. The van der Waals surface area contributed by atoms with Gasteiger partial charge in [-0.3, -0.25) is 4.90 Å². The Labute approximate surface area is 177 Å². The molecule has 1 rings (SSSR count). The molecule has 0 fully saturated rings. The summed E-state index contributed by atoms with van der Waals surface area (Å²) in [5, 5.41) is 3.72. The molecular weight excluding hydrogens is 396 g/mol. The Hall–Kier alpha value is -1.73. The van der Waals surface area contributed by atoms with E-state index < -0.39 is 0 Å². The van der Waals surface area contributed by atoms with E-state index >= 15 is 0 Å². The second-order valence-corrected chi connectivity index (χ2v) is 7.47. The van der Waals surface area contributed by atoms with Crippen LogP contribution in [0.2, 0.25) is 5.02 Å². The van der Waals surface area contributed by atoms with Gasteiger partial charge in [-0.1, -0.05) is 56.1 Å². The van der Waals surface area contributed by atoms with Gasteiger partial charge in [0.2, 0.25) is 0 Å². The maximum atomic E-state index is 12.7. The average Bonchev–Trinajstić information content (AvgIpc) is 2.67. The summed E-state index contributed by atoms with van der Waals surface area (Å²) in [7, 11) is 0. The van der Waals surface area contributed by atoms with Crippen LogP contribution in [0.4, 0.5) is 15.3 Å². The molecule has 0 saturated heterocycles. The van der Waals surface area contributed by atoms with E-state index in [0.717, 1.165) is 25.7 Å². The zero-order valence-electron chi connectivity index (χ0n) is 17.2. The van der Waals surface area contributed by atoms with Crippen molar-refractivity contribution < 1.29 is 9.59 Å². The standard InChI is InChI=1S/C20H31ClN4O2S/c1-5-8-13-24(14-9-6-2)18(26)23-20(28-4)25(7-3)19(27)22-17-12-10-11-16(21)15-17/h10-12,15H,5-9,13-14H2,1-4H3,(H,22,27). The van der Waals surface area contributed by atoms with Crippen LogP contribution in [0.1, 0.15) is 46.5 Å². The number of carbonyl (C=O) groups is 2. The van der Waals surface area contributed by atoms with Gasteiger partial charge in [-0.05, 0) is 44.2 Å². The van der Waals surface area contributed by atoms with Crippen LogP contribution in [0.15, 0.2) is 29.3 Å². The summed E-state index contributed by atoms with van der Waals surface area (Å²) in [6.45, 7) is 7.79. The maximum absolute atomic E-state index is 12.7. The lowest BCUT2D eigenvalue weighted by atomic mass is 10.3. The number of amides is 4. The number of thioether (sulfide) groups is 1. The van der Waals surface area contributed by atoms with Crippen molar-refractivity contribution in [3.05, 3.63) is 29.3 Å². The number of nitrogens with zero attached hydrogens (tertiary/aromatic N) is 3. The zero-order valence-corrected chi connectivity index (χ0v) is 18.8. The van der Waals surface area contributed by atoms with Crippen molar-refractivity contribution >= 4 is 46.3 Å². The van der Waals surface area contributed by atoms with E-state index in [4.69, 9.17) is 11.6 Å². The van der Waals surface area contributed by atoms with Crippen LogP contribution >= 0.6 is 23.4 Å². The highest BCUT2D eigenvalue weighted by Gasteiger charge is 2.20. The first-order chi connectivity index (χ1) is 13.5. The van der Waals surface area contributed by atoms with Crippen LogP contribution < -0.4 is 5.32 Å². The number of anilines is 1. The molecule has 0 aliphatic rings. The third kappa shape index (κ3) is 8.10. The molecule has 8 heteroatoms. The summed E-state index contributed by atoms with van der Waals surface area (Å²) in [4.78, 5) is 32.9. The Morgan fingerprint density at radius 3 is 2.29 bits per heavy atom. The number of nitrogens with one attached hydrogen (secondary N) is 1. The number of hydrogen-bond donors (Lipinski definition) is 1. The van der Waals surface area contributed by atoms with Gasteiger partial charge in [0.05, 0.1) is 0 Å². The van der Waals surface area contributed by atoms with Crippen molar-refractivity contribution in [1.29, 1.82) is 0 Å². The van der Waals surface area contributed by atoms with Gasteiger partial charge >= 0.3 is 12.1 Å². The summed E-state index contributed by atoms with van der Waals surface area (Å²) >= 11 is 7.26. The van der Waals surface area contributed by atoms with Crippen molar-refractivity contribution in [1.82, 2.24) is 9.80 Å². The van der Waals surface area contributed by atoms with Gasteiger partial charge in [-0.25, -0.2) is 9.59 Å².